The number of H-pyrrole nitrogens is 1. The molecule has 0 unspecified atom stereocenters. The van der Waals surface area contributed by atoms with E-state index in [4.69, 9.17) is 4.74 Å². The first kappa shape index (κ1) is 17.1. The van der Waals surface area contributed by atoms with Crippen LogP contribution < -0.4 is 5.43 Å². The molecule has 0 aliphatic rings. The van der Waals surface area contributed by atoms with Gasteiger partial charge in [-0.15, -0.1) is 0 Å². The monoisotopic (exact) mass is 341 g/mol. The number of pyridine rings is 1. The fraction of sp³-hybridized carbons (Fsp3) is 0.267. The van der Waals surface area contributed by atoms with Gasteiger partial charge in [0.25, 0.3) is 0 Å². The molecule has 1 N–H and O–H groups in total. The van der Waals surface area contributed by atoms with Crippen LogP contribution in [0.25, 0.3) is 10.9 Å². The second kappa shape index (κ2) is 6.91. The van der Waals surface area contributed by atoms with Crippen molar-refractivity contribution in [1.29, 1.82) is 0 Å². The third kappa shape index (κ3) is 3.58. The molecule has 0 aliphatic carbocycles. The number of benzene rings is 1. The lowest BCUT2D eigenvalue weighted by Gasteiger charge is -2.10. The van der Waals surface area contributed by atoms with Crippen LogP contribution in [0.15, 0.2) is 22.0 Å². The topological polar surface area (TPSA) is 76.2 Å². The van der Waals surface area contributed by atoms with E-state index in [-0.39, 0.29) is 39.6 Å². The summed E-state index contributed by atoms with van der Waals surface area (Å²) in [7, 11) is 0. The van der Waals surface area contributed by atoms with Crippen LogP contribution in [0.1, 0.15) is 24.2 Å². The van der Waals surface area contributed by atoms with E-state index >= 15 is 0 Å². The fourth-order valence-electron chi connectivity index (χ4n) is 1.93. The van der Waals surface area contributed by atoms with E-state index in [0.717, 1.165) is 23.9 Å². The zero-order valence-corrected chi connectivity index (χ0v) is 13.2. The number of Topliss-reactive ketones (excluding diaryl/α,β-unsaturated/α-hetero) is 1. The summed E-state index contributed by atoms with van der Waals surface area (Å²) in [5, 5.41) is -0.0821. The Morgan fingerprint density at radius 1 is 1.26 bits per heavy atom. The third-order valence-corrected chi connectivity index (χ3v) is 4.05. The molecule has 1 aromatic carbocycles. The Morgan fingerprint density at radius 2 is 1.91 bits per heavy atom. The fourth-order valence-corrected chi connectivity index (χ4v) is 2.78. The number of hydrogen-bond acceptors (Lipinski definition) is 5. The van der Waals surface area contributed by atoms with E-state index in [2.05, 4.69) is 4.98 Å². The minimum atomic E-state index is -1.19. The molecule has 0 saturated carbocycles. The van der Waals surface area contributed by atoms with Crippen molar-refractivity contribution in [2.24, 2.45) is 0 Å². The van der Waals surface area contributed by atoms with Crippen molar-refractivity contribution in [2.75, 3.05) is 12.4 Å². The first-order valence-electron chi connectivity index (χ1n) is 6.69. The largest absolute Gasteiger partial charge is 0.462 e. The minimum absolute atomic E-state index is 0.0114. The number of esters is 1. The SMILES string of the molecule is CCOC(=O)c1c(SCC(C)=O)[nH]c2cc(F)c(F)cc2c1=O. The normalized spacial score (nSPS) is 10.8. The van der Waals surface area contributed by atoms with E-state index in [1.54, 1.807) is 6.92 Å². The molecule has 0 aliphatic heterocycles. The van der Waals surface area contributed by atoms with Crippen LogP contribution in [0.3, 0.4) is 0 Å². The van der Waals surface area contributed by atoms with Gasteiger partial charge >= 0.3 is 5.97 Å². The highest BCUT2D eigenvalue weighted by atomic mass is 32.2. The number of thioether (sulfide) groups is 1. The van der Waals surface area contributed by atoms with Gasteiger partial charge in [-0.25, -0.2) is 13.6 Å². The lowest BCUT2D eigenvalue weighted by molar-refractivity contribution is -0.114. The van der Waals surface area contributed by atoms with E-state index in [1.165, 1.54) is 6.92 Å². The summed E-state index contributed by atoms with van der Waals surface area (Å²) < 4.78 is 31.6. The Balaban J connectivity index is 2.71. The molecule has 0 radical (unpaired) electrons. The summed E-state index contributed by atoms with van der Waals surface area (Å²) in [4.78, 5) is 38.3. The zero-order chi connectivity index (χ0) is 17.1. The number of carbonyl (C=O) groups excluding carboxylic acids is 2. The standard InChI is InChI=1S/C15H13F2NO4S/c1-3-22-15(21)12-13(20)8-4-9(16)10(17)5-11(8)18-14(12)23-6-7(2)19/h4-5H,3,6H2,1-2H3,(H,18,20). The average Bonchev–Trinajstić information content (AvgIpc) is 2.47. The molecule has 23 heavy (non-hydrogen) atoms. The molecule has 0 amide bonds. The van der Waals surface area contributed by atoms with Gasteiger partial charge in [-0.05, 0) is 19.9 Å². The Hall–Kier alpha value is -2.22. The molecule has 0 saturated heterocycles. The maximum atomic E-state index is 13.4. The molecular weight excluding hydrogens is 328 g/mol. The van der Waals surface area contributed by atoms with Crippen molar-refractivity contribution in [2.45, 2.75) is 18.9 Å². The smallest absolute Gasteiger partial charge is 0.344 e. The summed E-state index contributed by atoms with van der Waals surface area (Å²) in [6.45, 7) is 2.97. The molecule has 1 aromatic heterocycles. The van der Waals surface area contributed by atoms with Gasteiger partial charge < -0.3 is 9.72 Å². The third-order valence-electron chi connectivity index (χ3n) is 2.91. The number of halogens is 2. The predicted molar refractivity (Wildman–Crippen MR) is 81.8 cm³/mol. The van der Waals surface area contributed by atoms with Crippen LogP contribution in [0.4, 0.5) is 8.78 Å². The number of fused-ring (bicyclic) bond motifs is 1. The Kier molecular flexibility index (Phi) is 5.15. The molecule has 0 fully saturated rings. The molecule has 122 valence electrons. The summed E-state index contributed by atoms with van der Waals surface area (Å²) in [6.07, 6.45) is 0. The maximum absolute atomic E-state index is 13.4. The van der Waals surface area contributed by atoms with E-state index in [0.29, 0.717) is 0 Å². The van der Waals surface area contributed by atoms with Gasteiger partial charge in [0.2, 0.25) is 5.43 Å². The van der Waals surface area contributed by atoms with Crippen molar-refractivity contribution in [3.05, 3.63) is 39.6 Å². The number of carbonyl (C=O) groups is 2. The quantitative estimate of drug-likeness (QED) is 0.668. The number of hydrogen-bond donors (Lipinski definition) is 1. The molecule has 8 heteroatoms. The van der Waals surface area contributed by atoms with Crippen LogP contribution in [-0.4, -0.2) is 29.1 Å². The number of ketones is 1. The Bertz CT molecular complexity index is 847. The summed E-state index contributed by atoms with van der Waals surface area (Å²) >= 11 is 0.926. The van der Waals surface area contributed by atoms with E-state index in [9.17, 15) is 23.2 Å². The number of rotatable bonds is 5. The Labute approximate surface area is 134 Å². The lowest BCUT2D eigenvalue weighted by Crippen LogP contribution is -2.21. The van der Waals surface area contributed by atoms with Gasteiger partial charge in [0.1, 0.15) is 11.3 Å². The van der Waals surface area contributed by atoms with Gasteiger partial charge in [-0.2, -0.15) is 0 Å². The number of nitrogens with one attached hydrogen (secondary N) is 1. The molecule has 0 atom stereocenters. The van der Waals surface area contributed by atoms with Crippen LogP contribution in [0, 0.1) is 11.6 Å². The molecule has 2 rings (SSSR count). The Morgan fingerprint density at radius 3 is 2.52 bits per heavy atom. The maximum Gasteiger partial charge on any atom is 0.344 e. The highest BCUT2D eigenvalue weighted by molar-refractivity contribution is 8.00. The number of aromatic amines is 1. The van der Waals surface area contributed by atoms with Gasteiger partial charge in [-0.3, -0.25) is 9.59 Å². The second-order valence-corrected chi connectivity index (χ2v) is 5.67. The molecule has 1 heterocycles. The van der Waals surface area contributed by atoms with Gasteiger partial charge in [0.15, 0.2) is 11.6 Å². The van der Waals surface area contributed by atoms with Gasteiger partial charge in [0, 0.05) is 11.5 Å². The second-order valence-electron chi connectivity index (χ2n) is 4.68. The van der Waals surface area contributed by atoms with Crippen LogP contribution in [-0.2, 0) is 9.53 Å². The molecular formula is C15H13F2NO4S. The van der Waals surface area contributed by atoms with Crippen LogP contribution in [0.2, 0.25) is 0 Å². The number of aromatic nitrogens is 1. The molecule has 5 nitrogen and oxygen atoms in total. The first-order valence-corrected chi connectivity index (χ1v) is 7.68. The summed E-state index contributed by atoms with van der Waals surface area (Å²) in [6, 6.07) is 1.56. The number of ether oxygens (including phenoxy) is 1. The molecule has 2 aromatic rings. The van der Waals surface area contributed by atoms with Crippen LogP contribution in [0.5, 0.6) is 0 Å². The van der Waals surface area contributed by atoms with Crippen molar-refractivity contribution in [3.63, 3.8) is 0 Å². The van der Waals surface area contributed by atoms with E-state index in [1.807, 2.05) is 0 Å². The highest BCUT2D eigenvalue weighted by Crippen LogP contribution is 2.23. The highest BCUT2D eigenvalue weighted by Gasteiger charge is 2.22. The summed E-state index contributed by atoms with van der Waals surface area (Å²) in [5.41, 5.74) is -1.06. The zero-order valence-electron chi connectivity index (χ0n) is 12.4. The van der Waals surface area contributed by atoms with E-state index < -0.39 is 23.0 Å². The predicted octanol–water partition coefficient (Wildman–Crippen LogP) is 2.66. The lowest BCUT2D eigenvalue weighted by atomic mass is 10.1. The van der Waals surface area contributed by atoms with Crippen molar-refractivity contribution < 1.29 is 23.1 Å². The van der Waals surface area contributed by atoms with Gasteiger partial charge in [0.05, 0.1) is 22.9 Å². The molecule has 0 bridgehead atoms. The van der Waals surface area contributed by atoms with Crippen molar-refractivity contribution in [1.82, 2.24) is 4.98 Å². The van der Waals surface area contributed by atoms with Crippen molar-refractivity contribution in [3.8, 4) is 0 Å². The summed E-state index contributed by atoms with van der Waals surface area (Å²) in [5.74, 6) is -3.36. The van der Waals surface area contributed by atoms with Gasteiger partial charge in [-0.1, -0.05) is 11.8 Å². The van der Waals surface area contributed by atoms with Crippen molar-refractivity contribution >= 4 is 34.4 Å². The molecule has 0 spiro atoms. The average molecular weight is 341 g/mol. The minimum Gasteiger partial charge on any atom is -0.462 e. The van der Waals surface area contributed by atoms with Crippen LogP contribution >= 0.6 is 11.8 Å². The first-order chi connectivity index (χ1) is 10.8.